The van der Waals surface area contributed by atoms with E-state index in [-0.39, 0.29) is 35.3 Å². The lowest BCUT2D eigenvalue weighted by Gasteiger charge is -2.61. The number of carboxylic acids is 1. The van der Waals surface area contributed by atoms with Crippen molar-refractivity contribution in [3.63, 3.8) is 0 Å². The van der Waals surface area contributed by atoms with Crippen molar-refractivity contribution < 1.29 is 53.4 Å². The average Bonchev–Trinajstić information content (AvgIpc) is 3.32. The number of piperidine rings is 1. The minimum Gasteiger partial charge on any atom is -0.504 e. The van der Waals surface area contributed by atoms with Gasteiger partial charge in [0.25, 0.3) is 0 Å². The van der Waals surface area contributed by atoms with Crippen molar-refractivity contribution in [2.45, 2.75) is 68.0 Å². The summed E-state index contributed by atoms with van der Waals surface area (Å²) < 4.78 is 22.2. The number of aliphatic carboxylic acids is 1. The van der Waals surface area contributed by atoms with Crippen LogP contribution in [0.4, 0.5) is 0 Å². The normalized spacial score (nSPS) is 27.9. The van der Waals surface area contributed by atoms with Crippen LogP contribution >= 0.6 is 0 Å². The van der Waals surface area contributed by atoms with Crippen LogP contribution in [0.25, 0.3) is 0 Å². The van der Waals surface area contributed by atoms with Crippen LogP contribution in [0.2, 0.25) is 0 Å². The van der Waals surface area contributed by atoms with Gasteiger partial charge in [-0.15, -0.1) is 0 Å². The molecule has 3 N–H and O–H groups in total. The molecule has 2 aliphatic heterocycles. The number of phenols is 1. The molecule has 2 aromatic rings. The summed E-state index contributed by atoms with van der Waals surface area (Å²) in [7, 11) is 1.95. The van der Waals surface area contributed by atoms with E-state index >= 15 is 0 Å². The number of nitrogens with zero attached hydrogens (tertiary/aromatic N) is 1. The van der Waals surface area contributed by atoms with E-state index < -0.39 is 59.6 Å². The number of phenolic OH excluding ortho intramolecular Hbond substituents is 1. The Kier molecular flexibility index (Phi) is 6.93. The fourth-order valence-electron chi connectivity index (χ4n) is 7.22. The van der Waals surface area contributed by atoms with E-state index in [0.717, 1.165) is 12.5 Å². The third kappa shape index (κ3) is 4.43. The predicted molar refractivity (Wildman–Crippen MR) is 146 cm³/mol. The van der Waals surface area contributed by atoms with Crippen LogP contribution < -0.4 is 4.74 Å². The van der Waals surface area contributed by atoms with Crippen molar-refractivity contribution in [1.29, 1.82) is 0 Å². The second kappa shape index (κ2) is 10.4. The Labute approximate surface area is 246 Å². The Morgan fingerprint density at radius 2 is 1.86 bits per heavy atom. The quantitative estimate of drug-likeness (QED) is 0.301. The van der Waals surface area contributed by atoms with Gasteiger partial charge in [0, 0.05) is 30.5 Å². The maximum Gasteiger partial charge on any atom is 0.349 e. The third-order valence-electron chi connectivity index (χ3n) is 9.07. The van der Waals surface area contributed by atoms with Crippen molar-refractivity contribution >= 4 is 23.9 Å². The van der Waals surface area contributed by atoms with Crippen LogP contribution in [0.3, 0.4) is 0 Å². The maximum atomic E-state index is 13.2. The van der Waals surface area contributed by atoms with E-state index in [1.54, 1.807) is 30.3 Å². The second-order valence-electron chi connectivity index (χ2n) is 11.4. The van der Waals surface area contributed by atoms with Gasteiger partial charge >= 0.3 is 23.9 Å². The molecule has 0 radical (unpaired) electrons. The molecule has 6 atom stereocenters. The van der Waals surface area contributed by atoms with Crippen LogP contribution in [0.1, 0.15) is 49.0 Å². The molecule has 6 rings (SSSR count). The van der Waals surface area contributed by atoms with Gasteiger partial charge in [0.2, 0.25) is 12.2 Å². The molecule has 0 unspecified atom stereocenters. The Hall–Kier alpha value is -4.42. The van der Waals surface area contributed by atoms with Gasteiger partial charge in [0.1, 0.15) is 5.76 Å². The summed E-state index contributed by atoms with van der Waals surface area (Å²) >= 11 is 0. The molecule has 4 aliphatic rings. The number of ether oxygens (including phenoxy) is 4. The van der Waals surface area contributed by atoms with Crippen LogP contribution in [0.15, 0.2) is 54.3 Å². The Morgan fingerprint density at radius 3 is 2.56 bits per heavy atom. The lowest BCUT2D eigenvalue weighted by molar-refractivity contribution is -0.180. The average molecular weight is 594 g/mol. The number of rotatable bonds is 8. The summed E-state index contributed by atoms with van der Waals surface area (Å²) in [6.07, 6.45) is -2.44. The van der Waals surface area contributed by atoms with Crippen molar-refractivity contribution in [2.24, 2.45) is 0 Å². The number of hydrogen-bond acceptors (Lipinski definition) is 11. The molecule has 226 valence electrons. The number of carbonyl (C=O) groups excluding carboxylic acids is 3. The SMILES string of the molecule is CC(=O)O[C@@H](CC(=O)OC1=CC[C@@]2(O)[C@H]3Cc4ccc(O)c5c4[C@@]2(CCN3C)[C@H]1O5)C(=O)O[C@H](C(=O)O)c1ccccc1. The highest BCUT2D eigenvalue weighted by Crippen LogP contribution is 2.65. The number of aromatic hydroxyl groups is 1. The fraction of sp³-hybridized carbons (Fsp3) is 0.419. The topological polar surface area (TPSA) is 169 Å². The van der Waals surface area contributed by atoms with Crippen molar-refractivity contribution in [2.75, 3.05) is 13.6 Å². The molecular formula is C31H31NO11. The second-order valence-corrected chi connectivity index (χ2v) is 11.4. The van der Waals surface area contributed by atoms with Crippen LogP contribution in [-0.2, 0) is 45.2 Å². The number of hydrogen-bond donors (Lipinski definition) is 3. The number of likely N-dealkylation sites (tertiary alicyclic amines) is 1. The number of carbonyl (C=O) groups is 4. The molecular weight excluding hydrogens is 562 g/mol. The number of carboxylic acid groups (broad SMARTS) is 1. The monoisotopic (exact) mass is 593 g/mol. The molecule has 2 heterocycles. The number of aliphatic hydroxyl groups is 1. The summed E-state index contributed by atoms with van der Waals surface area (Å²) in [6, 6.07) is 10.9. The minimum atomic E-state index is -1.78. The summed E-state index contributed by atoms with van der Waals surface area (Å²) in [5, 5.41) is 32.5. The first-order chi connectivity index (χ1) is 20.5. The Morgan fingerprint density at radius 1 is 1.12 bits per heavy atom. The van der Waals surface area contributed by atoms with Gasteiger partial charge in [-0.3, -0.25) is 9.59 Å². The van der Waals surface area contributed by atoms with Gasteiger partial charge in [-0.2, -0.15) is 0 Å². The smallest absolute Gasteiger partial charge is 0.349 e. The maximum absolute atomic E-state index is 13.2. The van der Waals surface area contributed by atoms with Gasteiger partial charge in [-0.25, -0.2) is 9.59 Å². The zero-order valence-electron chi connectivity index (χ0n) is 23.5. The Balaban J connectivity index is 1.25. The summed E-state index contributed by atoms with van der Waals surface area (Å²) in [6.45, 7) is 1.67. The first kappa shape index (κ1) is 28.7. The summed E-state index contributed by atoms with van der Waals surface area (Å²) in [4.78, 5) is 52.0. The van der Waals surface area contributed by atoms with Gasteiger partial charge in [-0.1, -0.05) is 36.4 Å². The third-order valence-corrected chi connectivity index (χ3v) is 9.07. The van der Waals surface area contributed by atoms with Gasteiger partial charge < -0.3 is 39.2 Å². The van der Waals surface area contributed by atoms with E-state index in [4.69, 9.17) is 18.9 Å². The molecule has 12 nitrogen and oxygen atoms in total. The van der Waals surface area contributed by atoms with Crippen molar-refractivity contribution in [3.05, 3.63) is 71.0 Å². The molecule has 43 heavy (non-hydrogen) atoms. The highest BCUT2D eigenvalue weighted by molar-refractivity contribution is 5.86. The molecule has 1 saturated heterocycles. The van der Waals surface area contributed by atoms with Crippen LogP contribution in [0.5, 0.6) is 11.5 Å². The van der Waals surface area contributed by atoms with E-state index in [0.29, 0.717) is 24.9 Å². The number of benzene rings is 2. The molecule has 2 aromatic carbocycles. The number of likely N-dealkylation sites (N-methyl/N-ethyl adjacent to an activating group) is 1. The highest BCUT2D eigenvalue weighted by Gasteiger charge is 2.72. The van der Waals surface area contributed by atoms with E-state index in [2.05, 4.69) is 4.90 Å². The molecule has 2 aliphatic carbocycles. The van der Waals surface area contributed by atoms with E-state index in [9.17, 15) is 34.5 Å². The van der Waals surface area contributed by atoms with E-state index in [1.807, 2.05) is 13.1 Å². The zero-order chi connectivity index (χ0) is 30.7. The standard InChI is InChI=1S/C31H31NO11/c1-16(33)40-21(29(38)43-25(28(36)37)17-6-4-3-5-7-17)15-23(35)41-20-10-11-31(39)22-14-18-8-9-19(34)26-24(18)30(31,27(20)42-26)12-13-32(22)2/h3-10,21-22,25,27,34,39H,11-15H2,1-2H3,(H,36,37)/t21-,22+,25-,27-,30-,31+/m0/s1. The highest BCUT2D eigenvalue weighted by atomic mass is 16.6. The van der Waals surface area contributed by atoms with Crippen LogP contribution in [-0.4, -0.2) is 81.5 Å². The first-order valence-electron chi connectivity index (χ1n) is 14.0. The molecule has 2 bridgehead atoms. The lowest BCUT2D eigenvalue weighted by atomic mass is 9.50. The lowest BCUT2D eigenvalue weighted by Crippen LogP contribution is -2.74. The fourth-order valence-corrected chi connectivity index (χ4v) is 7.22. The molecule has 1 fully saturated rings. The van der Waals surface area contributed by atoms with Gasteiger partial charge in [-0.05, 0) is 44.1 Å². The molecule has 0 saturated carbocycles. The van der Waals surface area contributed by atoms with Gasteiger partial charge in [0.05, 0.1) is 17.4 Å². The van der Waals surface area contributed by atoms with Crippen LogP contribution in [0, 0.1) is 0 Å². The zero-order valence-corrected chi connectivity index (χ0v) is 23.5. The molecule has 12 heteroatoms. The summed E-state index contributed by atoms with van der Waals surface area (Å²) in [5.41, 5.74) is -0.424. The van der Waals surface area contributed by atoms with Crippen molar-refractivity contribution in [1.82, 2.24) is 4.90 Å². The van der Waals surface area contributed by atoms with Crippen molar-refractivity contribution in [3.8, 4) is 11.5 Å². The largest absolute Gasteiger partial charge is 0.504 e. The molecule has 0 aromatic heterocycles. The minimum absolute atomic E-state index is 0.0861. The van der Waals surface area contributed by atoms with E-state index in [1.165, 1.54) is 12.1 Å². The molecule has 1 spiro atoms. The molecule has 0 amide bonds. The number of esters is 3. The Bertz CT molecular complexity index is 1540. The first-order valence-corrected chi connectivity index (χ1v) is 14.0. The van der Waals surface area contributed by atoms with Gasteiger partial charge in [0.15, 0.2) is 17.6 Å². The summed E-state index contributed by atoms with van der Waals surface area (Å²) in [5.74, 6) is -4.28. The predicted octanol–water partition coefficient (Wildman–Crippen LogP) is 1.90.